The zero-order chi connectivity index (χ0) is 14.5. The molecular formula is C16H19NO2S. The summed E-state index contributed by atoms with van der Waals surface area (Å²) >= 11 is 0. The predicted octanol–water partition coefficient (Wildman–Crippen LogP) is 3.03. The van der Waals surface area contributed by atoms with E-state index in [1.54, 1.807) is 13.2 Å². The maximum Gasteiger partial charge on any atom is 0.123 e. The molecule has 106 valence electrons. The zero-order valence-electron chi connectivity index (χ0n) is 11.8. The normalized spacial score (nSPS) is 12.1. The number of nitrogen functional groups attached to an aromatic ring is 1. The largest absolute Gasteiger partial charge is 0.496 e. The van der Waals surface area contributed by atoms with Gasteiger partial charge in [-0.1, -0.05) is 29.8 Å². The van der Waals surface area contributed by atoms with E-state index in [0.717, 1.165) is 16.9 Å². The Morgan fingerprint density at radius 3 is 2.65 bits per heavy atom. The van der Waals surface area contributed by atoms with Crippen LogP contribution in [0.2, 0.25) is 0 Å². The molecule has 0 heterocycles. The summed E-state index contributed by atoms with van der Waals surface area (Å²) in [5, 5.41) is 0. The van der Waals surface area contributed by atoms with E-state index in [-0.39, 0.29) is 0 Å². The minimum Gasteiger partial charge on any atom is -0.496 e. The number of benzene rings is 2. The topological polar surface area (TPSA) is 52.3 Å². The van der Waals surface area contributed by atoms with Crippen LogP contribution in [0.15, 0.2) is 42.5 Å². The summed E-state index contributed by atoms with van der Waals surface area (Å²) in [7, 11) is 0.624. The van der Waals surface area contributed by atoms with Crippen molar-refractivity contribution in [3.63, 3.8) is 0 Å². The average molecular weight is 289 g/mol. The van der Waals surface area contributed by atoms with E-state index in [4.69, 9.17) is 10.5 Å². The van der Waals surface area contributed by atoms with Gasteiger partial charge >= 0.3 is 0 Å². The van der Waals surface area contributed by atoms with Gasteiger partial charge in [-0.15, -0.1) is 0 Å². The molecule has 1 atom stereocenters. The molecule has 0 aromatic heterocycles. The van der Waals surface area contributed by atoms with Crippen molar-refractivity contribution < 1.29 is 8.95 Å². The molecule has 3 nitrogen and oxygen atoms in total. The highest BCUT2D eigenvalue weighted by atomic mass is 32.2. The standard InChI is InChI=1S/C16H19NO2S/c1-12-4-3-5-13(8-12)10-20(18)11-14-9-15(17)6-7-16(14)19-2/h3-9H,10-11,17H2,1-2H3. The Labute approximate surface area is 122 Å². The number of methoxy groups -OCH3 is 1. The molecule has 0 bridgehead atoms. The fourth-order valence-corrected chi connectivity index (χ4v) is 3.35. The van der Waals surface area contributed by atoms with E-state index in [1.807, 2.05) is 37.3 Å². The molecule has 1 unspecified atom stereocenters. The lowest BCUT2D eigenvalue weighted by molar-refractivity contribution is 0.411. The Bertz CT molecular complexity index is 626. The van der Waals surface area contributed by atoms with Crippen LogP contribution in [0, 0.1) is 6.92 Å². The van der Waals surface area contributed by atoms with Gasteiger partial charge in [0.15, 0.2) is 0 Å². The van der Waals surface area contributed by atoms with Gasteiger partial charge in [-0.05, 0) is 30.7 Å². The number of hydrogen-bond donors (Lipinski definition) is 1. The highest BCUT2D eigenvalue weighted by Crippen LogP contribution is 2.23. The van der Waals surface area contributed by atoms with Gasteiger partial charge < -0.3 is 10.5 Å². The molecule has 0 aliphatic rings. The van der Waals surface area contributed by atoms with E-state index in [2.05, 4.69) is 6.07 Å². The van der Waals surface area contributed by atoms with Crippen LogP contribution in [-0.4, -0.2) is 11.3 Å². The molecule has 0 saturated carbocycles. The maximum atomic E-state index is 12.3. The summed E-state index contributed by atoms with van der Waals surface area (Å²) in [6.45, 7) is 2.04. The van der Waals surface area contributed by atoms with E-state index in [9.17, 15) is 4.21 Å². The van der Waals surface area contributed by atoms with E-state index < -0.39 is 10.8 Å². The van der Waals surface area contributed by atoms with Crippen molar-refractivity contribution in [2.24, 2.45) is 0 Å². The Balaban J connectivity index is 2.10. The molecule has 20 heavy (non-hydrogen) atoms. The van der Waals surface area contributed by atoms with Crippen LogP contribution in [-0.2, 0) is 22.3 Å². The van der Waals surface area contributed by atoms with Crippen molar-refractivity contribution >= 4 is 16.5 Å². The molecule has 0 amide bonds. The first-order valence-electron chi connectivity index (χ1n) is 6.41. The van der Waals surface area contributed by atoms with Crippen LogP contribution in [0.4, 0.5) is 5.69 Å². The van der Waals surface area contributed by atoms with Gasteiger partial charge in [-0.25, -0.2) is 0 Å². The van der Waals surface area contributed by atoms with Crippen molar-refractivity contribution in [2.75, 3.05) is 12.8 Å². The molecule has 2 rings (SSSR count). The fourth-order valence-electron chi connectivity index (χ4n) is 2.12. The third-order valence-electron chi connectivity index (χ3n) is 3.03. The summed E-state index contributed by atoms with van der Waals surface area (Å²) in [6, 6.07) is 13.5. The summed E-state index contributed by atoms with van der Waals surface area (Å²) < 4.78 is 17.6. The van der Waals surface area contributed by atoms with E-state index >= 15 is 0 Å². The first kappa shape index (κ1) is 14.6. The van der Waals surface area contributed by atoms with E-state index in [0.29, 0.717) is 17.2 Å². The molecule has 0 spiro atoms. The van der Waals surface area contributed by atoms with Crippen molar-refractivity contribution in [3.8, 4) is 5.75 Å². The molecule has 2 aromatic carbocycles. The maximum absolute atomic E-state index is 12.3. The monoisotopic (exact) mass is 289 g/mol. The second-order valence-corrected chi connectivity index (χ2v) is 6.25. The third-order valence-corrected chi connectivity index (χ3v) is 4.32. The molecule has 4 heteroatoms. The van der Waals surface area contributed by atoms with Gasteiger partial charge in [0, 0.05) is 27.8 Å². The molecule has 0 saturated heterocycles. The smallest absolute Gasteiger partial charge is 0.123 e. The lowest BCUT2D eigenvalue weighted by Gasteiger charge is -2.09. The van der Waals surface area contributed by atoms with Crippen LogP contribution in [0.1, 0.15) is 16.7 Å². The second kappa shape index (κ2) is 6.57. The quantitative estimate of drug-likeness (QED) is 0.861. The van der Waals surface area contributed by atoms with Crippen LogP contribution in [0.5, 0.6) is 5.75 Å². The van der Waals surface area contributed by atoms with Crippen molar-refractivity contribution in [1.29, 1.82) is 0 Å². The summed E-state index contributed by atoms with van der Waals surface area (Å²) in [6.07, 6.45) is 0. The number of aryl methyl sites for hydroxylation is 1. The van der Waals surface area contributed by atoms with Crippen molar-refractivity contribution in [2.45, 2.75) is 18.4 Å². The summed E-state index contributed by atoms with van der Waals surface area (Å²) in [4.78, 5) is 0. The van der Waals surface area contributed by atoms with Gasteiger partial charge in [0.2, 0.25) is 0 Å². The fraction of sp³-hybridized carbons (Fsp3) is 0.250. The Morgan fingerprint density at radius 2 is 1.95 bits per heavy atom. The molecule has 0 aliphatic heterocycles. The van der Waals surface area contributed by atoms with Crippen LogP contribution in [0.25, 0.3) is 0 Å². The van der Waals surface area contributed by atoms with Crippen molar-refractivity contribution in [1.82, 2.24) is 0 Å². The summed E-state index contributed by atoms with van der Waals surface area (Å²) in [5.41, 5.74) is 9.59. The number of anilines is 1. The SMILES string of the molecule is COc1ccc(N)cc1CS(=O)Cc1cccc(C)c1. The first-order valence-corrected chi connectivity index (χ1v) is 7.90. The zero-order valence-corrected chi connectivity index (χ0v) is 12.6. The van der Waals surface area contributed by atoms with Gasteiger partial charge in [0.25, 0.3) is 0 Å². The third kappa shape index (κ3) is 3.84. The minimum atomic E-state index is -0.986. The van der Waals surface area contributed by atoms with Crippen molar-refractivity contribution in [3.05, 3.63) is 59.2 Å². The molecule has 2 N–H and O–H groups in total. The van der Waals surface area contributed by atoms with E-state index in [1.165, 1.54) is 5.56 Å². The second-order valence-electron chi connectivity index (χ2n) is 4.79. The van der Waals surface area contributed by atoms with Gasteiger partial charge in [0.05, 0.1) is 12.9 Å². The number of rotatable bonds is 5. The summed E-state index contributed by atoms with van der Waals surface area (Å²) in [5.74, 6) is 1.72. The average Bonchev–Trinajstić information content (AvgIpc) is 2.38. The van der Waals surface area contributed by atoms with Crippen LogP contribution in [0.3, 0.4) is 0 Å². The van der Waals surface area contributed by atoms with Gasteiger partial charge in [-0.2, -0.15) is 0 Å². The lowest BCUT2D eigenvalue weighted by Crippen LogP contribution is -2.02. The highest BCUT2D eigenvalue weighted by molar-refractivity contribution is 7.83. The first-order chi connectivity index (χ1) is 9.58. The highest BCUT2D eigenvalue weighted by Gasteiger charge is 2.09. The minimum absolute atomic E-state index is 0.447. The van der Waals surface area contributed by atoms with Gasteiger partial charge in [0.1, 0.15) is 5.75 Å². The predicted molar refractivity (Wildman–Crippen MR) is 84.1 cm³/mol. The number of nitrogens with two attached hydrogens (primary N) is 1. The van der Waals surface area contributed by atoms with Gasteiger partial charge in [-0.3, -0.25) is 4.21 Å². The number of ether oxygens (including phenoxy) is 1. The molecule has 2 aromatic rings. The van der Waals surface area contributed by atoms with Crippen LogP contribution < -0.4 is 10.5 Å². The molecule has 0 fully saturated rings. The Hall–Kier alpha value is -1.81. The Morgan fingerprint density at radius 1 is 1.15 bits per heavy atom. The molecule has 0 radical (unpaired) electrons. The Kier molecular flexibility index (Phi) is 4.79. The number of hydrogen-bond acceptors (Lipinski definition) is 3. The molecule has 0 aliphatic carbocycles. The lowest BCUT2D eigenvalue weighted by atomic mass is 10.2. The molecular weight excluding hydrogens is 270 g/mol. The van der Waals surface area contributed by atoms with Crippen LogP contribution >= 0.6 is 0 Å².